The Bertz CT molecular complexity index is 162. The topological polar surface area (TPSA) is 90.2 Å². The average molecular weight is 243 g/mol. The normalized spacial score (nSPS) is 49.2. The third kappa shape index (κ3) is 2.15. The van der Waals surface area contributed by atoms with Gasteiger partial charge in [-0.05, 0) is 15.9 Å². The van der Waals surface area contributed by atoms with Gasteiger partial charge in [-0.3, -0.25) is 0 Å². The number of aliphatic hydroxyl groups is 4. The molecule has 0 aromatic carbocycles. The summed E-state index contributed by atoms with van der Waals surface area (Å²) in [7, 11) is 0. The number of alkyl halides is 1. The second-order valence-corrected chi connectivity index (χ2v) is 4.03. The Morgan fingerprint density at radius 1 is 1.50 bits per heavy atom. The van der Waals surface area contributed by atoms with Crippen molar-refractivity contribution in [3.05, 3.63) is 0 Å². The summed E-state index contributed by atoms with van der Waals surface area (Å²) in [6.07, 6.45) is -3.35. The first kappa shape index (κ1) is 10.4. The SMILES string of the molecule is OC[C@H]1OC(O)(Br)C[C@@H](O)[C@@H]1O. The van der Waals surface area contributed by atoms with Gasteiger partial charge < -0.3 is 25.2 Å². The second kappa shape index (κ2) is 3.57. The fourth-order valence-electron chi connectivity index (χ4n) is 1.12. The predicted molar refractivity (Wildman–Crippen MR) is 42.5 cm³/mol. The maximum atomic E-state index is 9.28. The molecule has 12 heavy (non-hydrogen) atoms. The zero-order chi connectivity index (χ0) is 9.35. The van der Waals surface area contributed by atoms with Crippen LogP contribution >= 0.6 is 15.9 Å². The summed E-state index contributed by atoms with van der Waals surface area (Å²) in [6, 6.07) is 0. The molecule has 4 N–H and O–H groups in total. The van der Waals surface area contributed by atoms with E-state index in [1.54, 1.807) is 0 Å². The molecule has 4 atom stereocenters. The molecule has 5 nitrogen and oxygen atoms in total. The van der Waals surface area contributed by atoms with Crippen LogP contribution in [0.5, 0.6) is 0 Å². The van der Waals surface area contributed by atoms with Gasteiger partial charge in [-0.1, -0.05) is 0 Å². The molecule has 1 unspecified atom stereocenters. The van der Waals surface area contributed by atoms with E-state index in [-0.39, 0.29) is 6.42 Å². The average Bonchev–Trinajstić information content (AvgIpc) is 1.96. The van der Waals surface area contributed by atoms with Crippen molar-refractivity contribution in [2.45, 2.75) is 29.4 Å². The molecule has 1 aliphatic heterocycles. The molecule has 0 aromatic rings. The van der Waals surface area contributed by atoms with Gasteiger partial charge in [-0.25, -0.2) is 0 Å². The summed E-state index contributed by atoms with van der Waals surface area (Å²) in [4.78, 5) is 0. The van der Waals surface area contributed by atoms with Crippen molar-refractivity contribution in [2.24, 2.45) is 0 Å². The highest BCUT2D eigenvalue weighted by molar-refractivity contribution is 9.09. The highest BCUT2D eigenvalue weighted by atomic mass is 79.9. The minimum Gasteiger partial charge on any atom is -0.394 e. The Morgan fingerprint density at radius 3 is 2.58 bits per heavy atom. The standard InChI is InChI=1S/C6H11BrO5/c7-6(11)1-3(9)5(10)4(2-8)12-6/h3-5,8-11H,1-2H2/t3-,4-,5+,6?/m1/s1. The summed E-state index contributed by atoms with van der Waals surface area (Å²) in [5, 5.41) is 36.3. The molecule has 0 saturated carbocycles. The van der Waals surface area contributed by atoms with Gasteiger partial charge in [0.25, 0.3) is 0 Å². The first-order valence-electron chi connectivity index (χ1n) is 3.52. The largest absolute Gasteiger partial charge is 0.394 e. The molecular weight excluding hydrogens is 232 g/mol. The van der Waals surface area contributed by atoms with Crippen molar-refractivity contribution in [1.82, 2.24) is 0 Å². The molecule has 1 fully saturated rings. The van der Waals surface area contributed by atoms with Gasteiger partial charge in [0.1, 0.15) is 12.2 Å². The summed E-state index contributed by atoms with van der Waals surface area (Å²) in [6.45, 7) is -0.452. The lowest BCUT2D eigenvalue weighted by Gasteiger charge is -2.38. The van der Waals surface area contributed by atoms with Crippen LogP contribution in [0, 0.1) is 0 Å². The Hall–Kier alpha value is 0.280. The first-order valence-corrected chi connectivity index (χ1v) is 4.31. The molecule has 1 aliphatic rings. The van der Waals surface area contributed by atoms with Crippen molar-refractivity contribution in [1.29, 1.82) is 0 Å². The van der Waals surface area contributed by atoms with Crippen LogP contribution in [0.15, 0.2) is 0 Å². The van der Waals surface area contributed by atoms with E-state index >= 15 is 0 Å². The van der Waals surface area contributed by atoms with Crippen molar-refractivity contribution in [2.75, 3.05) is 6.61 Å². The van der Waals surface area contributed by atoms with E-state index in [0.29, 0.717) is 0 Å². The summed E-state index contributed by atoms with van der Waals surface area (Å²) < 4.78 is 3.16. The summed E-state index contributed by atoms with van der Waals surface area (Å²) in [5.74, 6) is 0. The van der Waals surface area contributed by atoms with Crippen molar-refractivity contribution in [3.8, 4) is 0 Å². The van der Waals surface area contributed by atoms with E-state index in [9.17, 15) is 15.3 Å². The van der Waals surface area contributed by atoms with Crippen LogP contribution in [0.1, 0.15) is 6.42 Å². The van der Waals surface area contributed by atoms with Crippen LogP contribution in [0.4, 0.5) is 0 Å². The van der Waals surface area contributed by atoms with Crippen LogP contribution in [-0.2, 0) is 4.74 Å². The number of hydrogen-bond donors (Lipinski definition) is 4. The Balaban J connectivity index is 2.65. The van der Waals surface area contributed by atoms with Gasteiger partial charge in [-0.2, -0.15) is 0 Å². The molecule has 0 aromatic heterocycles. The van der Waals surface area contributed by atoms with E-state index in [0.717, 1.165) is 0 Å². The van der Waals surface area contributed by atoms with Gasteiger partial charge in [0, 0.05) is 6.42 Å². The van der Waals surface area contributed by atoms with E-state index in [1.807, 2.05) is 0 Å². The minimum absolute atomic E-state index is 0.134. The van der Waals surface area contributed by atoms with Crippen LogP contribution in [0.25, 0.3) is 0 Å². The van der Waals surface area contributed by atoms with Crippen LogP contribution in [-0.4, -0.2) is 50.0 Å². The monoisotopic (exact) mass is 242 g/mol. The quantitative estimate of drug-likeness (QED) is 0.422. The number of rotatable bonds is 1. The molecule has 72 valence electrons. The predicted octanol–water partition coefficient (Wildman–Crippen LogP) is -1.47. The Morgan fingerprint density at radius 2 is 2.08 bits per heavy atom. The first-order chi connectivity index (χ1) is 5.46. The lowest BCUT2D eigenvalue weighted by atomic mass is 10.0. The molecule has 0 radical (unpaired) electrons. The summed E-state index contributed by atoms with van der Waals surface area (Å²) in [5.41, 5.74) is 0. The van der Waals surface area contributed by atoms with E-state index in [2.05, 4.69) is 15.9 Å². The van der Waals surface area contributed by atoms with Crippen LogP contribution in [0.3, 0.4) is 0 Å². The summed E-state index contributed by atoms with van der Waals surface area (Å²) >= 11 is 2.79. The Labute approximate surface area is 77.7 Å². The molecule has 1 heterocycles. The smallest absolute Gasteiger partial charge is 0.226 e. The zero-order valence-corrected chi connectivity index (χ0v) is 7.81. The van der Waals surface area contributed by atoms with Crippen molar-refractivity contribution >= 4 is 15.9 Å². The van der Waals surface area contributed by atoms with Gasteiger partial charge >= 0.3 is 0 Å². The molecule has 0 bridgehead atoms. The van der Waals surface area contributed by atoms with Gasteiger partial charge in [0.15, 0.2) is 0 Å². The fourth-order valence-corrected chi connectivity index (χ4v) is 1.69. The molecule has 1 rings (SSSR count). The lowest BCUT2D eigenvalue weighted by molar-refractivity contribution is -0.254. The second-order valence-electron chi connectivity index (χ2n) is 2.79. The number of halogens is 1. The van der Waals surface area contributed by atoms with Gasteiger partial charge in [0.05, 0.1) is 12.7 Å². The highest BCUT2D eigenvalue weighted by Gasteiger charge is 2.43. The molecule has 0 aliphatic carbocycles. The zero-order valence-electron chi connectivity index (χ0n) is 6.22. The van der Waals surface area contributed by atoms with E-state index in [1.165, 1.54) is 0 Å². The maximum Gasteiger partial charge on any atom is 0.226 e. The minimum atomic E-state index is -1.65. The van der Waals surface area contributed by atoms with Gasteiger partial charge in [-0.15, -0.1) is 0 Å². The van der Waals surface area contributed by atoms with Crippen molar-refractivity contribution in [3.63, 3.8) is 0 Å². The number of aliphatic hydroxyl groups excluding tert-OH is 3. The third-order valence-corrected chi connectivity index (χ3v) is 2.26. The highest BCUT2D eigenvalue weighted by Crippen LogP contribution is 2.31. The fraction of sp³-hybridized carbons (Fsp3) is 1.00. The molecule has 6 heteroatoms. The maximum absolute atomic E-state index is 9.28. The third-order valence-electron chi connectivity index (χ3n) is 1.75. The van der Waals surface area contributed by atoms with Crippen molar-refractivity contribution < 1.29 is 25.2 Å². The van der Waals surface area contributed by atoms with Gasteiger partial charge in [0.2, 0.25) is 4.70 Å². The molecule has 1 saturated heterocycles. The van der Waals surface area contributed by atoms with Crippen LogP contribution in [0.2, 0.25) is 0 Å². The van der Waals surface area contributed by atoms with E-state index < -0.39 is 29.6 Å². The van der Waals surface area contributed by atoms with Crippen LogP contribution < -0.4 is 0 Å². The van der Waals surface area contributed by atoms with E-state index in [4.69, 9.17) is 9.84 Å². The molecular formula is C6H11BrO5. The Kier molecular flexibility index (Phi) is 3.08. The number of hydrogen-bond acceptors (Lipinski definition) is 5. The number of ether oxygens (including phenoxy) is 1. The molecule has 0 spiro atoms. The molecule has 0 amide bonds. The lowest BCUT2D eigenvalue weighted by Crippen LogP contribution is -2.53.